The number of sulfonamides is 1. The maximum atomic E-state index is 13.2. The van der Waals surface area contributed by atoms with Gasteiger partial charge in [0.1, 0.15) is 0 Å². The van der Waals surface area contributed by atoms with Gasteiger partial charge in [-0.1, -0.05) is 53.5 Å². The number of hydrogen-bond donors (Lipinski definition) is 0. The molecule has 0 radical (unpaired) electrons. The molecular formula is C29H23Cl2F3N4O2S2. The molecule has 0 bridgehead atoms. The molecule has 6 nitrogen and oxygen atoms in total. The molecule has 1 saturated heterocycles. The van der Waals surface area contributed by atoms with Gasteiger partial charge in [0.05, 0.1) is 11.2 Å². The summed E-state index contributed by atoms with van der Waals surface area (Å²) in [4.78, 5) is 4.42. The molecule has 0 spiro atoms. The predicted octanol–water partition coefficient (Wildman–Crippen LogP) is 8.00. The summed E-state index contributed by atoms with van der Waals surface area (Å²) >= 11 is 13.8. The van der Waals surface area contributed by atoms with Gasteiger partial charge in [-0.05, 0) is 65.9 Å². The second-order valence-electron chi connectivity index (χ2n) is 10.0. The highest BCUT2D eigenvalue weighted by Crippen LogP contribution is 2.40. The molecule has 0 atom stereocenters. The number of aromatic nitrogens is 3. The van der Waals surface area contributed by atoms with Crippen LogP contribution < -0.4 is 0 Å². The lowest BCUT2D eigenvalue weighted by Gasteiger charge is -2.31. The fourth-order valence-electron chi connectivity index (χ4n) is 5.51. The Labute approximate surface area is 254 Å². The van der Waals surface area contributed by atoms with Crippen molar-refractivity contribution in [2.45, 2.75) is 30.2 Å². The Hall–Kier alpha value is -2.96. The van der Waals surface area contributed by atoms with Gasteiger partial charge in [0.15, 0.2) is 0 Å². The van der Waals surface area contributed by atoms with Gasteiger partial charge in [-0.2, -0.15) is 22.6 Å². The molecule has 1 aliphatic heterocycles. The number of nitrogens with zero attached hydrogens (tertiary/aromatic N) is 4. The minimum Gasteiger partial charge on any atom is -0.227 e. The zero-order chi connectivity index (χ0) is 29.6. The van der Waals surface area contributed by atoms with Gasteiger partial charge in [0.2, 0.25) is 5.13 Å². The zero-order valence-electron chi connectivity index (χ0n) is 21.8. The summed E-state index contributed by atoms with van der Waals surface area (Å²) in [7, 11) is -5.38. The van der Waals surface area contributed by atoms with E-state index in [1.54, 1.807) is 10.9 Å². The minimum atomic E-state index is -5.38. The summed E-state index contributed by atoms with van der Waals surface area (Å²) in [5, 5.41) is 9.48. The standard InChI is InChI=1S/C29H23Cl2F3N4O2S2/c30-22-6-1-18(2-7-22)26(19-3-8-23(31)9-4-19)21-5-10-25-24(17-21)27(36-38(25)28-35-13-16-41-28)20-11-14-37(15-12-20)42(39,40)29(32,33)34/h1-10,13,16-17,20,26H,11-12,14-15H2. The van der Waals surface area contributed by atoms with Crippen molar-refractivity contribution < 1.29 is 21.6 Å². The van der Waals surface area contributed by atoms with Crippen molar-refractivity contribution in [3.05, 3.63) is 111 Å². The number of alkyl halides is 3. The second kappa shape index (κ2) is 11.3. The summed E-state index contributed by atoms with van der Waals surface area (Å²) in [6, 6.07) is 21.3. The first-order valence-electron chi connectivity index (χ1n) is 13.0. The van der Waals surface area contributed by atoms with Crippen LogP contribution in [0.5, 0.6) is 0 Å². The molecule has 0 aliphatic carbocycles. The lowest BCUT2D eigenvalue weighted by Crippen LogP contribution is -2.44. The van der Waals surface area contributed by atoms with Crippen LogP contribution in [-0.2, 0) is 10.0 Å². The summed E-state index contributed by atoms with van der Waals surface area (Å²) in [5.41, 5.74) is -0.811. The average Bonchev–Trinajstić information content (AvgIpc) is 3.63. The van der Waals surface area contributed by atoms with E-state index in [0.29, 0.717) is 25.2 Å². The Bertz CT molecular complexity index is 1770. The lowest BCUT2D eigenvalue weighted by molar-refractivity contribution is -0.0494. The van der Waals surface area contributed by atoms with E-state index >= 15 is 0 Å². The first kappa shape index (κ1) is 29.1. The molecule has 6 rings (SSSR count). The van der Waals surface area contributed by atoms with Gasteiger partial charge in [-0.3, -0.25) is 0 Å². The van der Waals surface area contributed by atoms with E-state index in [1.807, 2.05) is 66.0 Å². The van der Waals surface area contributed by atoms with E-state index in [-0.39, 0.29) is 37.8 Å². The van der Waals surface area contributed by atoms with Gasteiger partial charge in [0, 0.05) is 51.9 Å². The van der Waals surface area contributed by atoms with Gasteiger partial charge in [0.25, 0.3) is 0 Å². The molecule has 42 heavy (non-hydrogen) atoms. The molecule has 13 heteroatoms. The van der Waals surface area contributed by atoms with Crippen LogP contribution in [0.1, 0.15) is 47.1 Å². The molecule has 1 aliphatic rings. The van der Waals surface area contributed by atoms with Crippen molar-refractivity contribution in [2.75, 3.05) is 13.1 Å². The SMILES string of the molecule is O=S(=O)(N1CCC(c2nn(-c3nccs3)c3ccc(C(c4ccc(Cl)cc4)c4ccc(Cl)cc4)cc23)CC1)C(F)(F)F. The van der Waals surface area contributed by atoms with Gasteiger partial charge in [-0.25, -0.2) is 18.1 Å². The largest absolute Gasteiger partial charge is 0.511 e. The van der Waals surface area contributed by atoms with Crippen LogP contribution in [0, 0.1) is 0 Å². The van der Waals surface area contributed by atoms with Crippen LogP contribution >= 0.6 is 34.5 Å². The van der Waals surface area contributed by atoms with Crippen molar-refractivity contribution in [1.29, 1.82) is 0 Å². The summed E-state index contributed by atoms with van der Waals surface area (Å²) in [6.45, 7) is -0.480. The molecule has 3 heterocycles. The van der Waals surface area contributed by atoms with Crippen molar-refractivity contribution in [3.8, 4) is 5.13 Å². The van der Waals surface area contributed by atoms with Crippen molar-refractivity contribution in [1.82, 2.24) is 19.1 Å². The number of fused-ring (bicyclic) bond motifs is 1. The maximum Gasteiger partial charge on any atom is 0.511 e. The Kier molecular flexibility index (Phi) is 7.82. The minimum absolute atomic E-state index is 0.168. The molecule has 0 unspecified atom stereocenters. The number of rotatable bonds is 6. The maximum absolute atomic E-state index is 13.2. The highest BCUT2D eigenvalue weighted by atomic mass is 35.5. The molecular weight excluding hydrogens is 628 g/mol. The Morgan fingerprint density at radius 1 is 0.881 bits per heavy atom. The monoisotopic (exact) mass is 650 g/mol. The molecule has 218 valence electrons. The van der Waals surface area contributed by atoms with Crippen LogP contribution in [0.2, 0.25) is 10.0 Å². The van der Waals surface area contributed by atoms with Crippen molar-refractivity contribution in [3.63, 3.8) is 0 Å². The molecule has 0 saturated carbocycles. The van der Waals surface area contributed by atoms with Gasteiger partial charge in [-0.15, -0.1) is 11.3 Å². The Balaban J connectivity index is 1.45. The first-order chi connectivity index (χ1) is 20.0. The summed E-state index contributed by atoms with van der Waals surface area (Å²) in [5.74, 6) is -0.410. The van der Waals surface area contributed by atoms with E-state index in [0.717, 1.165) is 27.6 Å². The van der Waals surface area contributed by atoms with E-state index in [9.17, 15) is 21.6 Å². The third kappa shape index (κ3) is 5.44. The fraction of sp³-hybridized carbons (Fsp3) is 0.241. The van der Waals surface area contributed by atoms with E-state index in [1.165, 1.54) is 11.3 Å². The topological polar surface area (TPSA) is 68.1 Å². The normalized spacial score (nSPS) is 15.6. The molecule has 3 aromatic carbocycles. The van der Waals surface area contributed by atoms with E-state index in [4.69, 9.17) is 28.3 Å². The average molecular weight is 652 g/mol. The number of piperidine rings is 1. The Morgan fingerprint density at radius 3 is 1.98 bits per heavy atom. The number of halogens is 5. The van der Waals surface area contributed by atoms with Crippen LogP contribution in [-0.4, -0.2) is 46.1 Å². The second-order valence-corrected chi connectivity index (χ2v) is 13.7. The highest BCUT2D eigenvalue weighted by Gasteiger charge is 2.50. The zero-order valence-corrected chi connectivity index (χ0v) is 24.9. The quantitative estimate of drug-likeness (QED) is 0.175. The molecule has 0 amide bonds. The highest BCUT2D eigenvalue weighted by molar-refractivity contribution is 7.90. The van der Waals surface area contributed by atoms with Crippen molar-refractivity contribution >= 4 is 55.5 Å². The third-order valence-electron chi connectivity index (χ3n) is 7.55. The number of thiazole rings is 1. The predicted molar refractivity (Wildman–Crippen MR) is 159 cm³/mol. The summed E-state index contributed by atoms with van der Waals surface area (Å²) < 4.78 is 65.8. The first-order valence-corrected chi connectivity index (χ1v) is 16.1. The molecule has 1 fully saturated rings. The smallest absolute Gasteiger partial charge is 0.227 e. The summed E-state index contributed by atoms with van der Waals surface area (Å²) in [6.07, 6.45) is 2.10. The number of benzene rings is 3. The van der Waals surface area contributed by atoms with Gasteiger partial charge >= 0.3 is 15.5 Å². The van der Waals surface area contributed by atoms with Gasteiger partial charge < -0.3 is 0 Å². The van der Waals surface area contributed by atoms with Crippen LogP contribution in [0.25, 0.3) is 16.0 Å². The van der Waals surface area contributed by atoms with Crippen LogP contribution in [0.4, 0.5) is 13.2 Å². The van der Waals surface area contributed by atoms with Crippen LogP contribution in [0.3, 0.4) is 0 Å². The molecule has 0 N–H and O–H groups in total. The lowest BCUT2D eigenvalue weighted by atomic mass is 9.84. The van der Waals surface area contributed by atoms with E-state index < -0.39 is 15.5 Å². The molecule has 5 aromatic rings. The molecule has 2 aromatic heterocycles. The Morgan fingerprint density at radius 2 is 1.45 bits per heavy atom. The third-order valence-corrected chi connectivity index (χ3v) is 10.4. The van der Waals surface area contributed by atoms with Crippen molar-refractivity contribution in [2.24, 2.45) is 0 Å². The fourth-order valence-corrected chi connectivity index (χ4v) is 7.35. The number of hydrogen-bond acceptors (Lipinski definition) is 5. The van der Waals surface area contributed by atoms with E-state index in [2.05, 4.69) is 11.1 Å². The van der Waals surface area contributed by atoms with Crippen LogP contribution in [0.15, 0.2) is 78.3 Å².